The maximum atomic E-state index is 9.29. The summed E-state index contributed by atoms with van der Waals surface area (Å²) in [6, 6.07) is 1.12. The van der Waals surface area contributed by atoms with Crippen molar-refractivity contribution in [3.8, 4) is 0 Å². The zero-order valence-electron chi connectivity index (χ0n) is 9.08. The summed E-state index contributed by atoms with van der Waals surface area (Å²) in [6.07, 6.45) is 3.70. The molecule has 3 nitrogen and oxygen atoms in total. The van der Waals surface area contributed by atoms with E-state index in [0.717, 1.165) is 19.0 Å². The molecule has 2 fully saturated rings. The van der Waals surface area contributed by atoms with Gasteiger partial charge in [-0.2, -0.15) is 0 Å². The second kappa shape index (κ2) is 4.60. The lowest BCUT2D eigenvalue weighted by molar-refractivity contribution is 0.105. The highest BCUT2D eigenvalue weighted by atomic mass is 16.3. The highest BCUT2D eigenvalue weighted by Crippen LogP contribution is 2.26. The molecule has 0 amide bonds. The van der Waals surface area contributed by atoms with E-state index in [4.69, 9.17) is 0 Å². The monoisotopic (exact) mass is 198 g/mol. The minimum absolute atomic E-state index is 0.340. The van der Waals surface area contributed by atoms with Crippen LogP contribution in [0.25, 0.3) is 0 Å². The third-order valence-corrected chi connectivity index (χ3v) is 3.89. The minimum Gasteiger partial charge on any atom is -0.395 e. The third kappa shape index (κ3) is 1.81. The largest absolute Gasteiger partial charge is 0.395 e. The molecule has 2 heterocycles. The van der Waals surface area contributed by atoms with Crippen LogP contribution in [0.3, 0.4) is 0 Å². The highest BCUT2D eigenvalue weighted by Gasteiger charge is 2.36. The van der Waals surface area contributed by atoms with Gasteiger partial charge in [-0.15, -0.1) is 0 Å². The summed E-state index contributed by atoms with van der Waals surface area (Å²) in [4.78, 5) is 2.54. The predicted octanol–water partition coefficient (Wildman–Crippen LogP) is 0.441. The van der Waals surface area contributed by atoms with Crippen molar-refractivity contribution in [3.05, 3.63) is 0 Å². The number of aliphatic hydroxyl groups is 1. The number of nitrogens with zero attached hydrogens (tertiary/aromatic N) is 1. The Morgan fingerprint density at radius 2 is 2.29 bits per heavy atom. The van der Waals surface area contributed by atoms with Crippen LogP contribution in [0.4, 0.5) is 0 Å². The van der Waals surface area contributed by atoms with E-state index in [1.807, 2.05) is 0 Å². The quantitative estimate of drug-likeness (QED) is 0.691. The molecule has 0 aliphatic carbocycles. The van der Waals surface area contributed by atoms with Crippen LogP contribution < -0.4 is 5.32 Å². The molecule has 0 aromatic heterocycles. The first-order valence-corrected chi connectivity index (χ1v) is 5.94. The van der Waals surface area contributed by atoms with Gasteiger partial charge in [0.15, 0.2) is 0 Å². The molecule has 0 spiro atoms. The Morgan fingerprint density at radius 1 is 1.43 bits per heavy atom. The van der Waals surface area contributed by atoms with Gasteiger partial charge < -0.3 is 10.4 Å². The van der Waals surface area contributed by atoms with Crippen LogP contribution in [-0.4, -0.2) is 48.3 Å². The topological polar surface area (TPSA) is 35.5 Å². The fourth-order valence-electron chi connectivity index (χ4n) is 3.01. The first-order valence-electron chi connectivity index (χ1n) is 5.94. The van der Waals surface area contributed by atoms with Crippen LogP contribution in [-0.2, 0) is 0 Å². The minimum atomic E-state index is 0.340. The second-order valence-corrected chi connectivity index (χ2v) is 4.61. The van der Waals surface area contributed by atoms with Crippen molar-refractivity contribution < 1.29 is 5.11 Å². The maximum absolute atomic E-state index is 9.29. The van der Waals surface area contributed by atoms with Gasteiger partial charge in [0, 0.05) is 18.6 Å². The molecule has 2 aliphatic rings. The van der Waals surface area contributed by atoms with Gasteiger partial charge >= 0.3 is 0 Å². The summed E-state index contributed by atoms with van der Waals surface area (Å²) in [6.45, 7) is 6.08. The normalized spacial score (nSPS) is 39.4. The molecular weight excluding hydrogens is 176 g/mol. The van der Waals surface area contributed by atoms with Crippen molar-refractivity contribution in [2.24, 2.45) is 5.92 Å². The van der Waals surface area contributed by atoms with Crippen LogP contribution in [0.2, 0.25) is 0 Å². The molecule has 0 aromatic carbocycles. The van der Waals surface area contributed by atoms with Gasteiger partial charge in [0.2, 0.25) is 0 Å². The van der Waals surface area contributed by atoms with E-state index in [9.17, 15) is 5.11 Å². The molecule has 2 N–H and O–H groups in total. The fraction of sp³-hybridized carbons (Fsp3) is 1.00. The molecule has 0 radical (unpaired) electrons. The van der Waals surface area contributed by atoms with Crippen LogP contribution in [0.1, 0.15) is 26.2 Å². The Bertz CT molecular complexity index is 166. The Kier molecular flexibility index (Phi) is 3.42. The summed E-state index contributed by atoms with van der Waals surface area (Å²) in [5.74, 6) is 0.794. The zero-order chi connectivity index (χ0) is 9.97. The van der Waals surface area contributed by atoms with Crippen LogP contribution in [0, 0.1) is 5.92 Å². The van der Waals surface area contributed by atoms with Gasteiger partial charge in [-0.05, 0) is 31.8 Å². The molecule has 82 valence electrons. The van der Waals surface area contributed by atoms with Crippen molar-refractivity contribution in [1.29, 1.82) is 0 Å². The number of nitrogens with one attached hydrogen (secondary N) is 1. The molecule has 2 rings (SSSR count). The molecule has 0 saturated carbocycles. The molecule has 0 aromatic rings. The van der Waals surface area contributed by atoms with Crippen LogP contribution in [0.15, 0.2) is 0 Å². The molecular formula is C11H22N2O. The number of aliphatic hydroxyl groups excluding tert-OH is 1. The molecule has 3 heteroatoms. The molecule has 2 saturated heterocycles. The molecule has 2 aliphatic heterocycles. The molecule has 14 heavy (non-hydrogen) atoms. The highest BCUT2D eigenvalue weighted by molar-refractivity contribution is 4.93. The van der Waals surface area contributed by atoms with E-state index in [2.05, 4.69) is 17.1 Å². The summed E-state index contributed by atoms with van der Waals surface area (Å²) >= 11 is 0. The molecule has 0 bridgehead atoms. The summed E-state index contributed by atoms with van der Waals surface area (Å²) in [5.41, 5.74) is 0. The standard InChI is InChI=1S/C11H22N2O/c1-2-9-6-12-7-11(9)13-5-3-4-10(13)8-14/h9-12,14H,2-8H2,1H3. The van der Waals surface area contributed by atoms with E-state index in [1.165, 1.54) is 25.8 Å². The average Bonchev–Trinajstić information content (AvgIpc) is 2.85. The van der Waals surface area contributed by atoms with Gasteiger partial charge in [0.1, 0.15) is 0 Å². The van der Waals surface area contributed by atoms with E-state index in [-0.39, 0.29) is 0 Å². The summed E-state index contributed by atoms with van der Waals surface area (Å²) < 4.78 is 0. The van der Waals surface area contributed by atoms with E-state index < -0.39 is 0 Å². The third-order valence-electron chi connectivity index (χ3n) is 3.89. The summed E-state index contributed by atoms with van der Waals surface area (Å²) in [5, 5.41) is 12.8. The Hall–Kier alpha value is -0.120. The lowest BCUT2D eigenvalue weighted by Gasteiger charge is -2.32. The smallest absolute Gasteiger partial charge is 0.0587 e. The first kappa shape index (κ1) is 10.4. The van der Waals surface area contributed by atoms with Gasteiger partial charge in [-0.3, -0.25) is 4.90 Å². The van der Waals surface area contributed by atoms with E-state index in [1.54, 1.807) is 0 Å². The van der Waals surface area contributed by atoms with Crippen LogP contribution >= 0.6 is 0 Å². The average molecular weight is 198 g/mol. The predicted molar refractivity (Wildman–Crippen MR) is 57.3 cm³/mol. The molecule has 3 unspecified atom stereocenters. The Morgan fingerprint density at radius 3 is 3.00 bits per heavy atom. The number of hydrogen-bond acceptors (Lipinski definition) is 3. The van der Waals surface area contributed by atoms with E-state index in [0.29, 0.717) is 18.7 Å². The maximum Gasteiger partial charge on any atom is 0.0587 e. The number of likely N-dealkylation sites (tertiary alicyclic amines) is 1. The van der Waals surface area contributed by atoms with E-state index >= 15 is 0 Å². The first-order chi connectivity index (χ1) is 6.86. The van der Waals surface area contributed by atoms with Gasteiger partial charge in [0.05, 0.1) is 6.61 Å². The van der Waals surface area contributed by atoms with Crippen molar-refractivity contribution in [2.75, 3.05) is 26.2 Å². The van der Waals surface area contributed by atoms with Gasteiger partial charge in [-0.25, -0.2) is 0 Å². The Balaban J connectivity index is 1.98. The van der Waals surface area contributed by atoms with Gasteiger partial charge in [-0.1, -0.05) is 13.3 Å². The van der Waals surface area contributed by atoms with Crippen molar-refractivity contribution >= 4 is 0 Å². The van der Waals surface area contributed by atoms with Crippen LogP contribution in [0.5, 0.6) is 0 Å². The summed E-state index contributed by atoms with van der Waals surface area (Å²) in [7, 11) is 0. The lowest BCUT2D eigenvalue weighted by Crippen LogP contribution is -2.45. The number of hydrogen-bond donors (Lipinski definition) is 2. The number of rotatable bonds is 3. The lowest BCUT2D eigenvalue weighted by atomic mass is 9.99. The fourth-order valence-corrected chi connectivity index (χ4v) is 3.01. The van der Waals surface area contributed by atoms with Crippen molar-refractivity contribution in [3.63, 3.8) is 0 Å². The molecule has 3 atom stereocenters. The zero-order valence-corrected chi connectivity index (χ0v) is 9.08. The second-order valence-electron chi connectivity index (χ2n) is 4.61. The van der Waals surface area contributed by atoms with Crippen molar-refractivity contribution in [1.82, 2.24) is 10.2 Å². The Labute approximate surface area is 86.5 Å². The van der Waals surface area contributed by atoms with Crippen molar-refractivity contribution in [2.45, 2.75) is 38.3 Å². The van der Waals surface area contributed by atoms with Gasteiger partial charge in [0.25, 0.3) is 0 Å². The SMILES string of the molecule is CCC1CNCC1N1CCCC1CO.